The fraction of sp³-hybridized carbons (Fsp3) is 0.273. The number of allylic oxidation sites excluding steroid dienone is 1. The summed E-state index contributed by atoms with van der Waals surface area (Å²) < 4.78 is 1.78. The minimum atomic E-state index is 0.590. The molecule has 5 heterocycles. The van der Waals surface area contributed by atoms with Gasteiger partial charge in [-0.15, -0.1) is 0 Å². The maximum absolute atomic E-state index is 4.72. The molecule has 7 nitrogen and oxygen atoms in total. The van der Waals surface area contributed by atoms with Gasteiger partial charge in [-0.1, -0.05) is 6.08 Å². The van der Waals surface area contributed by atoms with Gasteiger partial charge in [-0.3, -0.25) is 4.98 Å². The molecule has 0 radical (unpaired) electrons. The summed E-state index contributed by atoms with van der Waals surface area (Å²) in [5.41, 5.74) is 4.76. The molecular formula is C22H23N7. The highest BCUT2D eigenvalue weighted by Crippen LogP contribution is 2.26. The summed E-state index contributed by atoms with van der Waals surface area (Å²) in [5.74, 6) is 0.795. The van der Waals surface area contributed by atoms with E-state index in [1.165, 1.54) is 18.5 Å². The smallest absolute Gasteiger partial charge is 0.177 e. The van der Waals surface area contributed by atoms with Crippen LogP contribution >= 0.6 is 0 Å². The van der Waals surface area contributed by atoms with Gasteiger partial charge in [-0.25, -0.2) is 14.5 Å². The maximum atomic E-state index is 4.72. The Morgan fingerprint density at radius 2 is 2.07 bits per heavy atom. The molecular weight excluding hydrogens is 362 g/mol. The number of pyridine rings is 1. The van der Waals surface area contributed by atoms with Crippen molar-refractivity contribution < 1.29 is 0 Å². The molecule has 146 valence electrons. The van der Waals surface area contributed by atoms with Crippen LogP contribution in [0.5, 0.6) is 0 Å². The molecule has 1 unspecified atom stereocenters. The van der Waals surface area contributed by atoms with E-state index in [2.05, 4.69) is 38.3 Å². The second kappa shape index (κ2) is 7.50. The van der Waals surface area contributed by atoms with Gasteiger partial charge in [0.1, 0.15) is 5.84 Å². The van der Waals surface area contributed by atoms with Crippen LogP contribution in [0.2, 0.25) is 0 Å². The van der Waals surface area contributed by atoms with Crippen LogP contribution in [0.4, 0.5) is 5.69 Å². The standard InChI is InChI=1S/C22H23N7/c1-16-4-3-12-28(16)18-5-2-6-21(25-15-18)26-20-14-19(17-7-9-23-10-8-17)27-29-13-11-24-22(20)29/h2,6-11,13-16H,3-5,12H2,1H3,(H,25,26). The first-order valence-corrected chi connectivity index (χ1v) is 10.00. The van der Waals surface area contributed by atoms with E-state index in [0.717, 1.165) is 41.4 Å². The first-order chi connectivity index (χ1) is 14.3. The number of fused-ring (bicyclic) bond motifs is 1. The summed E-state index contributed by atoms with van der Waals surface area (Å²) in [6, 6.07) is 6.49. The lowest BCUT2D eigenvalue weighted by atomic mass is 10.2. The first kappa shape index (κ1) is 17.6. The fourth-order valence-electron chi connectivity index (χ4n) is 3.97. The summed E-state index contributed by atoms with van der Waals surface area (Å²) in [5, 5.41) is 8.10. The number of amidine groups is 1. The predicted molar refractivity (Wildman–Crippen MR) is 115 cm³/mol. The van der Waals surface area contributed by atoms with Gasteiger partial charge in [0, 0.05) is 61.3 Å². The third-order valence-corrected chi connectivity index (χ3v) is 5.48. The second-order valence-corrected chi connectivity index (χ2v) is 7.43. The normalized spacial score (nSPS) is 19.2. The van der Waals surface area contributed by atoms with Crippen molar-refractivity contribution in [3.05, 3.63) is 67.0 Å². The van der Waals surface area contributed by atoms with Crippen LogP contribution in [-0.4, -0.2) is 42.9 Å². The Kier molecular flexibility index (Phi) is 4.56. The lowest BCUT2D eigenvalue weighted by Gasteiger charge is -2.25. The number of nitrogens with zero attached hydrogens (tertiary/aromatic N) is 6. The summed E-state index contributed by atoms with van der Waals surface area (Å²) in [6.45, 7) is 3.41. The zero-order valence-corrected chi connectivity index (χ0v) is 16.4. The molecule has 0 saturated carbocycles. The number of hydrogen-bond donors (Lipinski definition) is 1. The molecule has 1 N–H and O–H groups in total. The van der Waals surface area contributed by atoms with E-state index in [4.69, 9.17) is 4.99 Å². The molecule has 0 amide bonds. The van der Waals surface area contributed by atoms with Gasteiger partial charge in [-0.05, 0) is 44.0 Å². The Labute approximate surface area is 169 Å². The van der Waals surface area contributed by atoms with E-state index in [-0.39, 0.29) is 0 Å². The molecule has 0 spiro atoms. The SMILES string of the molecule is CC1CCCN1C1=CN=C(Nc2cc(-c3ccncc3)nn3ccnc23)C=CC1. The highest BCUT2D eigenvalue weighted by atomic mass is 15.3. The van der Waals surface area contributed by atoms with E-state index in [1.54, 1.807) is 23.1 Å². The molecule has 1 fully saturated rings. The molecule has 2 aliphatic rings. The topological polar surface area (TPSA) is 70.7 Å². The Morgan fingerprint density at radius 3 is 2.90 bits per heavy atom. The van der Waals surface area contributed by atoms with Crippen molar-refractivity contribution in [1.82, 2.24) is 24.5 Å². The van der Waals surface area contributed by atoms with Crippen molar-refractivity contribution in [3.8, 4) is 11.3 Å². The van der Waals surface area contributed by atoms with Crippen LogP contribution < -0.4 is 5.32 Å². The summed E-state index contributed by atoms with van der Waals surface area (Å²) in [7, 11) is 0. The zero-order valence-electron chi connectivity index (χ0n) is 16.4. The second-order valence-electron chi connectivity index (χ2n) is 7.43. The van der Waals surface area contributed by atoms with Crippen molar-refractivity contribution in [2.24, 2.45) is 4.99 Å². The van der Waals surface area contributed by atoms with E-state index in [1.807, 2.05) is 36.7 Å². The molecule has 0 aromatic carbocycles. The molecule has 0 bridgehead atoms. The van der Waals surface area contributed by atoms with Crippen LogP contribution in [0.15, 0.2) is 72.0 Å². The molecule has 1 atom stereocenters. The van der Waals surface area contributed by atoms with Crippen LogP contribution in [0.1, 0.15) is 26.2 Å². The highest BCUT2D eigenvalue weighted by molar-refractivity contribution is 6.06. The number of imidazole rings is 1. The minimum Gasteiger partial charge on any atom is -0.371 e. The zero-order chi connectivity index (χ0) is 19.6. The average Bonchev–Trinajstić information content (AvgIpc) is 3.33. The van der Waals surface area contributed by atoms with Crippen LogP contribution in [0.25, 0.3) is 16.9 Å². The fourth-order valence-corrected chi connectivity index (χ4v) is 3.97. The lowest BCUT2D eigenvalue weighted by molar-refractivity contribution is 0.333. The number of aliphatic imine (C=N–C) groups is 1. The summed E-state index contributed by atoms with van der Waals surface area (Å²) in [4.78, 5) is 15.7. The van der Waals surface area contributed by atoms with Crippen LogP contribution in [0, 0.1) is 0 Å². The Hall–Kier alpha value is -3.48. The number of aromatic nitrogens is 4. The summed E-state index contributed by atoms with van der Waals surface area (Å²) >= 11 is 0. The molecule has 1 saturated heterocycles. The van der Waals surface area contributed by atoms with Gasteiger partial charge in [0.05, 0.1) is 11.4 Å². The maximum Gasteiger partial charge on any atom is 0.177 e. The Bertz CT molecular complexity index is 1110. The van der Waals surface area contributed by atoms with E-state index in [0.29, 0.717) is 6.04 Å². The molecule has 3 aromatic rings. The van der Waals surface area contributed by atoms with Crippen molar-refractivity contribution in [2.45, 2.75) is 32.2 Å². The quantitative estimate of drug-likeness (QED) is 0.741. The van der Waals surface area contributed by atoms with Crippen molar-refractivity contribution in [1.29, 1.82) is 0 Å². The number of anilines is 1. The van der Waals surface area contributed by atoms with E-state index < -0.39 is 0 Å². The molecule has 5 rings (SSSR count). The summed E-state index contributed by atoms with van der Waals surface area (Å²) in [6.07, 6.45) is 16.8. The van der Waals surface area contributed by atoms with Crippen molar-refractivity contribution in [2.75, 3.05) is 11.9 Å². The van der Waals surface area contributed by atoms with Gasteiger partial charge in [0.2, 0.25) is 0 Å². The molecule has 0 aliphatic carbocycles. The van der Waals surface area contributed by atoms with Gasteiger partial charge >= 0.3 is 0 Å². The highest BCUT2D eigenvalue weighted by Gasteiger charge is 2.22. The molecule has 3 aromatic heterocycles. The Morgan fingerprint density at radius 1 is 1.17 bits per heavy atom. The van der Waals surface area contributed by atoms with Gasteiger partial charge in [0.15, 0.2) is 5.65 Å². The monoisotopic (exact) mass is 385 g/mol. The average molecular weight is 385 g/mol. The van der Waals surface area contributed by atoms with Crippen molar-refractivity contribution in [3.63, 3.8) is 0 Å². The number of rotatable bonds is 3. The van der Waals surface area contributed by atoms with Gasteiger partial charge in [-0.2, -0.15) is 5.10 Å². The number of likely N-dealkylation sites (tertiary alicyclic amines) is 1. The minimum absolute atomic E-state index is 0.590. The number of hydrogen-bond acceptors (Lipinski definition) is 6. The van der Waals surface area contributed by atoms with Gasteiger partial charge < -0.3 is 10.2 Å². The Balaban J connectivity index is 1.47. The molecule has 2 aliphatic heterocycles. The van der Waals surface area contributed by atoms with E-state index in [9.17, 15) is 0 Å². The third-order valence-electron chi connectivity index (χ3n) is 5.48. The lowest BCUT2D eigenvalue weighted by Crippen LogP contribution is -2.25. The first-order valence-electron chi connectivity index (χ1n) is 10.00. The predicted octanol–water partition coefficient (Wildman–Crippen LogP) is 3.89. The third kappa shape index (κ3) is 3.51. The van der Waals surface area contributed by atoms with Crippen molar-refractivity contribution >= 4 is 17.2 Å². The van der Waals surface area contributed by atoms with Gasteiger partial charge in [0.25, 0.3) is 0 Å². The number of nitrogens with one attached hydrogen (secondary N) is 1. The van der Waals surface area contributed by atoms with E-state index >= 15 is 0 Å². The molecule has 29 heavy (non-hydrogen) atoms. The van der Waals surface area contributed by atoms with Crippen LogP contribution in [0.3, 0.4) is 0 Å². The molecule has 7 heteroatoms. The largest absolute Gasteiger partial charge is 0.371 e. The van der Waals surface area contributed by atoms with Crippen LogP contribution in [-0.2, 0) is 0 Å².